The van der Waals surface area contributed by atoms with Gasteiger partial charge < -0.3 is 10.1 Å². The van der Waals surface area contributed by atoms with Crippen molar-refractivity contribution < 1.29 is 4.74 Å². The van der Waals surface area contributed by atoms with Crippen LogP contribution < -0.4 is 10.1 Å². The third-order valence-electron chi connectivity index (χ3n) is 4.37. The van der Waals surface area contributed by atoms with Crippen LogP contribution in [0.4, 0.5) is 11.5 Å². The number of benzene rings is 3. The van der Waals surface area contributed by atoms with Crippen molar-refractivity contribution in [1.82, 2.24) is 9.97 Å². The first-order valence-corrected chi connectivity index (χ1v) is 10.1. The molecule has 29 heavy (non-hydrogen) atoms. The summed E-state index contributed by atoms with van der Waals surface area (Å²) in [6.45, 7) is 2.78. The van der Waals surface area contributed by atoms with Crippen molar-refractivity contribution in [2.75, 3.05) is 11.9 Å². The molecule has 146 valence electrons. The average molecular weight is 424 g/mol. The quantitative estimate of drug-likeness (QED) is 0.358. The molecule has 0 aliphatic carbocycles. The van der Waals surface area contributed by atoms with E-state index in [1.165, 1.54) is 0 Å². The van der Waals surface area contributed by atoms with E-state index in [2.05, 4.69) is 12.2 Å². The van der Waals surface area contributed by atoms with Gasteiger partial charge in [-0.1, -0.05) is 42.3 Å². The van der Waals surface area contributed by atoms with Gasteiger partial charge in [0.1, 0.15) is 11.6 Å². The molecule has 0 bridgehead atoms. The monoisotopic (exact) mass is 423 g/mol. The third-order valence-corrected chi connectivity index (χ3v) is 4.92. The summed E-state index contributed by atoms with van der Waals surface area (Å²) in [7, 11) is 0. The molecule has 0 amide bonds. The van der Waals surface area contributed by atoms with E-state index in [0.717, 1.165) is 34.3 Å². The lowest BCUT2D eigenvalue weighted by Gasteiger charge is -2.12. The Bertz CT molecular complexity index is 1150. The Labute approximate surface area is 179 Å². The number of halogens is 2. The van der Waals surface area contributed by atoms with Crippen LogP contribution in [0.1, 0.15) is 13.3 Å². The normalized spacial score (nSPS) is 10.9. The molecule has 0 unspecified atom stereocenters. The Kier molecular flexibility index (Phi) is 5.84. The number of ether oxygens (including phenoxy) is 1. The zero-order chi connectivity index (χ0) is 20.2. The summed E-state index contributed by atoms with van der Waals surface area (Å²) in [6, 6.07) is 21.0. The lowest BCUT2D eigenvalue weighted by atomic mass is 10.1. The molecular weight excluding hydrogens is 405 g/mol. The summed E-state index contributed by atoms with van der Waals surface area (Å²) in [5, 5.41) is 5.34. The highest BCUT2D eigenvalue weighted by Gasteiger charge is 2.11. The summed E-state index contributed by atoms with van der Waals surface area (Å²) in [5.41, 5.74) is 2.48. The zero-order valence-electron chi connectivity index (χ0n) is 15.8. The van der Waals surface area contributed by atoms with Crippen LogP contribution in [0.15, 0.2) is 66.7 Å². The highest BCUT2D eigenvalue weighted by molar-refractivity contribution is 6.36. The number of hydrogen-bond acceptors (Lipinski definition) is 4. The minimum atomic E-state index is 0.527. The van der Waals surface area contributed by atoms with Gasteiger partial charge in [-0.2, -0.15) is 0 Å². The van der Waals surface area contributed by atoms with Gasteiger partial charge in [0.05, 0.1) is 22.8 Å². The number of aromatic nitrogens is 2. The number of nitrogens with zero attached hydrogens (tertiary/aromatic N) is 2. The predicted molar refractivity (Wildman–Crippen MR) is 121 cm³/mol. The Morgan fingerprint density at radius 2 is 1.72 bits per heavy atom. The molecule has 0 aliphatic heterocycles. The van der Waals surface area contributed by atoms with E-state index in [4.69, 9.17) is 37.9 Å². The number of hydrogen-bond donors (Lipinski definition) is 1. The van der Waals surface area contributed by atoms with Gasteiger partial charge in [0, 0.05) is 16.0 Å². The zero-order valence-corrected chi connectivity index (χ0v) is 17.3. The number of para-hydroxylation sites is 1. The number of fused-ring (bicyclic) bond motifs is 1. The maximum atomic E-state index is 6.34. The van der Waals surface area contributed by atoms with E-state index in [1.54, 1.807) is 12.1 Å². The predicted octanol–water partition coefficient (Wildman–Crippen LogP) is 7.14. The highest BCUT2D eigenvalue weighted by Crippen LogP contribution is 2.32. The van der Waals surface area contributed by atoms with Gasteiger partial charge in [0.15, 0.2) is 5.82 Å². The molecule has 4 nitrogen and oxygen atoms in total. The van der Waals surface area contributed by atoms with Gasteiger partial charge in [0.25, 0.3) is 0 Å². The first-order valence-electron chi connectivity index (χ1n) is 9.36. The van der Waals surface area contributed by atoms with Crippen LogP contribution in [0.2, 0.25) is 10.0 Å². The Hall–Kier alpha value is -2.82. The molecule has 0 atom stereocenters. The summed E-state index contributed by atoms with van der Waals surface area (Å²) in [6.07, 6.45) is 0.970. The van der Waals surface area contributed by atoms with Gasteiger partial charge in [-0.05, 0) is 61.0 Å². The van der Waals surface area contributed by atoms with Crippen molar-refractivity contribution in [3.63, 3.8) is 0 Å². The lowest BCUT2D eigenvalue weighted by Crippen LogP contribution is -2.00. The van der Waals surface area contributed by atoms with Crippen LogP contribution in [-0.4, -0.2) is 16.6 Å². The highest BCUT2D eigenvalue weighted by atomic mass is 35.5. The molecule has 0 spiro atoms. The summed E-state index contributed by atoms with van der Waals surface area (Å²) in [5.74, 6) is 2.14. The molecule has 1 aromatic heterocycles. The number of nitrogens with one attached hydrogen (secondary N) is 1. The fourth-order valence-electron chi connectivity index (χ4n) is 2.94. The van der Waals surface area contributed by atoms with E-state index in [-0.39, 0.29) is 0 Å². The molecule has 6 heteroatoms. The van der Waals surface area contributed by atoms with Crippen LogP contribution in [0, 0.1) is 0 Å². The van der Waals surface area contributed by atoms with Crippen molar-refractivity contribution in [1.29, 1.82) is 0 Å². The fourth-order valence-corrected chi connectivity index (χ4v) is 3.40. The topological polar surface area (TPSA) is 47.0 Å². The summed E-state index contributed by atoms with van der Waals surface area (Å²) in [4.78, 5) is 9.50. The maximum absolute atomic E-state index is 6.34. The standard InChI is InChI=1S/C23H19Cl2N3O/c1-2-13-29-17-10-7-15(8-11-17)22-26-20-6-4-3-5-18(20)23(28-22)27-21-12-9-16(24)14-19(21)25/h3-12,14H,2,13H2,1H3,(H,26,27,28). The van der Waals surface area contributed by atoms with Gasteiger partial charge >= 0.3 is 0 Å². The van der Waals surface area contributed by atoms with Crippen LogP contribution in [0.3, 0.4) is 0 Å². The molecule has 1 N–H and O–H groups in total. The summed E-state index contributed by atoms with van der Waals surface area (Å²) < 4.78 is 5.66. The molecule has 0 aliphatic rings. The summed E-state index contributed by atoms with van der Waals surface area (Å²) >= 11 is 12.4. The van der Waals surface area contributed by atoms with E-state index < -0.39 is 0 Å². The second-order valence-electron chi connectivity index (χ2n) is 6.53. The first-order chi connectivity index (χ1) is 14.1. The van der Waals surface area contributed by atoms with Crippen molar-refractivity contribution in [2.45, 2.75) is 13.3 Å². The van der Waals surface area contributed by atoms with Gasteiger partial charge in [-0.25, -0.2) is 9.97 Å². The van der Waals surface area contributed by atoms with E-state index in [1.807, 2.05) is 54.6 Å². The van der Waals surface area contributed by atoms with Crippen molar-refractivity contribution >= 4 is 45.6 Å². The van der Waals surface area contributed by atoms with Gasteiger partial charge in [0.2, 0.25) is 0 Å². The Balaban J connectivity index is 1.74. The molecule has 1 heterocycles. The fraction of sp³-hybridized carbons (Fsp3) is 0.130. The van der Waals surface area contributed by atoms with E-state index in [0.29, 0.717) is 28.3 Å². The smallest absolute Gasteiger partial charge is 0.162 e. The van der Waals surface area contributed by atoms with Gasteiger partial charge in [-0.3, -0.25) is 0 Å². The van der Waals surface area contributed by atoms with Gasteiger partial charge in [-0.15, -0.1) is 0 Å². The third kappa shape index (κ3) is 4.44. The van der Waals surface area contributed by atoms with Crippen LogP contribution in [0.5, 0.6) is 5.75 Å². The second kappa shape index (κ2) is 8.68. The Morgan fingerprint density at radius 1 is 0.931 bits per heavy atom. The molecule has 4 rings (SSSR count). The molecular formula is C23H19Cl2N3O. The van der Waals surface area contributed by atoms with Crippen LogP contribution in [-0.2, 0) is 0 Å². The first kappa shape index (κ1) is 19.5. The molecule has 4 aromatic rings. The van der Waals surface area contributed by atoms with Crippen molar-refractivity contribution in [2.24, 2.45) is 0 Å². The largest absolute Gasteiger partial charge is 0.494 e. The minimum Gasteiger partial charge on any atom is -0.494 e. The lowest BCUT2D eigenvalue weighted by molar-refractivity contribution is 0.317. The van der Waals surface area contributed by atoms with Crippen LogP contribution >= 0.6 is 23.2 Å². The maximum Gasteiger partial charge on any atom is 0.162 e. The average Bonchev–Trinajstić information content (AvgIpc) is 2.74. The molecule has 3 aromatic carbocycles. The minimum absolute atomic E-state index is 0.527. The van der Waals surface area contributed by atoms with E-state index >= 15 is 0 Å². The Morgan fingerprint density at radius 3 is 2.48 bits per heavy atom. The number of anilines is 2. The molecule has 0 saturated carbocycles. The second-order valence-corrected chi connectivity index (χ2v) is 7.38. The SMILES string of the molecule is CCCOc1ccc(-c2nc(Nc3ccc(Cl)cc3Cl)c3ccccc3n2)cc1. The number of rotatable bonds is 6. The van der Waals surface area contributed by atoms with Crippen LogP contribution in [0.25, 0.3) is 22.3 Å². The van der Waals surface area contributed by atoms with Crippen molar-refractivity contribution in [3.8, 4) is 17.1 Å². The van der Waals surface area contributed by atoms with Crippen molar-refractivity contribution in [3.05, 3.63) is 76.8 Å². The van der Waals surface area contributed by atoms with E-state index in [9.17, 15) is 0 Å². The molecule has 0 radical (unpaired) electrons. The molecule has 0 saturated heterocycles. The molecule has 0 fully saturated rings.